The van der Waals surface area contributed by atoms with Gasteiger partial charge in [0.2, 0.25) is 12.3 Å². The van der Waals surface area contributed by atoms with E-state index in [9.17, 15) is 4.79 Å². The first-order chi connectivity index (χ1) is 18.6. The molecule has 188 valence electrons. The number of carbonyl (C=O) groups excluding carboxylic acids is 1. The normalized spacial score (nSPS) is 12.1. The van der Waals surface area contributed by atoms with E-state index < -0.39 is 6.04 Å². The maximum Gasteiger partial charge on any atom is 0.217 e. The van der Waals surface area contributed by atoms with Crippen LogP contribution in [0.5, 0.6) is 0 Å². The van der Waals surface area contributed by atoms with Gasteiger partial charge < -0.3 is 13.6 Å². The number of anilines is 1. The minimum atomic E-state index is -0.481. The molecule has 0 N–H and O–H groups in total. The Morgan fingerprint density at radius 1 is 1.05 bits per heavy atom. The molecule has 0 bridgehead atoms. The molecule has 0 fully saturated rings. The van der Waals surface area contributed by atoms with Crippen molar-refractivity contribution in [3.8, 4) is 16.9 Å². The SMILES string of the molecule is Cn1c(-c2ccc(-n3ccnc3)cc2)cnc1C(Cc1ccccn1)N(C=O)c1cc2cccc(Cl)c2o1. The number of hydrogen-bond donors (Lipinski definition) is 0. The van der Waals surface area contributed by atoms with Crippen molar-refractivity contribution >= 4 is 34.9 Å². The monoisotopic (exact) mass is 522 g/mol. The molecule has 0 aliphatic heterocycles. The van der Waals surface area contributed by atoms with Crippen molar-refractivity contribution in [3.05, 3.63) is 114 Å². The van der Waals surface area contributed by atoms with Gasteiger partial charge in [0.1, 0.15) is 11.9 Å². The van der Waals surface area contributed by atoms with Gasteiger partial charge in [-0.1, -0.05) is 41.9 Å². The smallest absolute Gasteiger partial charge is 0.217 e. The van der Waals surface area contributed by atoms with Gasteiger partial charge in [-0.3, -0.25) is 14.7 Å². The van der Waals surface area contributed by atoms with Gasteiger partial charge in [0.15, 0.2) is 5.58 Å². The number of carbonyl (C=O) groups is 1. The number of para-hydroxylation sites is 1. The molecule has 1 unspecified atom stereocenters. The van der Waals surface area contributed by atoms with Crippen LogP contribution in [-0.2, 0) is 18.3 Å². The largest absolute Gasteiger partial charge is 0.439 e. The van der Waals surface area contributed by atoms with E-state index in [1.54, 1.807) is 29.7 Å². The number of imidazole rings is 2. The Kier molecular flexibility index (Phi) is 6.23. The third-order valence-electron chi connectivity index (χ3n) is 6.60. The molecule has 1 amide bonds. The Morgan fingerprint density at radius 3 is 2.63 bits per heavy atom. The topological polar surface area (TPSA) is 82.0 Å². The number of amides is 1. The van der Waals surface area contributed by atoms with E-state index in [4.69, 9.17) is 21.0 Å². The van der Waals surface area contributed by atoms with Crippen molar-refractivity contribution in [2.75, 3.05) is 4.90 Å². The Bertz CT molecular complexity index is 1690. The number of rotatable bonds is 8. The number of pyridine rings is 1. The van der Waals surface area contributed by atoms with E-state index in [-0.39, 0.29) is 0 Å². The fourth-order valence-electron chi connectivity index (χ4n) is 4.67. The first-order valence-corrected chi connectivity index (χ1v) is 12.4. The summed E-state index contributed by atoms with van der Waals surface area (Å²) in [6.07, 6.45) is 10.2. The average molecular weight is 523 g/mol. The maximum atomic E-state index is 12.6. The summed E-state index contributed by atoms with van der Waals surface area (Å²) in [6.45, 7) is 0. The quantitative estimate of drug-likeness (QED) is 0.228. The fourth-order valence-corrected chi connectivity index (χ4v) is 4.89. The Balaban J connectivity index is 1.40. The molecule has 1 atom stereocenters. The number of fused-ring (bicyclic) bond motifs is 1. The molecule has 4 aromatic heterocycles. The Morgan fingerprint density at radius 2 is 1.92 bits per heavy atom. The van der Waals surface area contributed by atoms with Crippen LogP contribution in [0.25, 0.3) is 27.9 Å². The second-order valence-corrected chi connectivity index (χ2v) is 9.28. The van der Waals surface area contributed by atoms with E-state index in [2.05, 4.69) is 9.97 Å². The Labute approximate surface area is 223 Å². The molecule has 38 heavy (non-hydrogen) atoms. The van der Waals surface area contributed by atoms with Crippen LogP contribution in [0.15, 0.2) is 102 Å². The number of furan rings is 1. The lowest BCUT2D eigenvalue weighted by molar-refractivity contribution is -0.108. The van der Waals surface area contributed by atoms with Crippen LogP contribution in [0.4, 0.5) is 5.88 Å². The van der Waals surface area contributed by atoms with Crippen LogP contribution in [0.2, 0.25) is 5.02 Å². The highest BCUT2D eigenvalue weighted by atomic mass is 35.5. The van der Waals surface area contributed by atoms with Crippen molar-refractivity contribution in [2.24, 2.45) is 7.05 Å². The highest BCUT2D eigenvalue weighted by Gasteiger charge is 2.29. The van der Waals surface area contributed by atoms with E-state index >= 15 is 0 Å². The van der Waals surface area contributed by atoms with Crippen molar-refractivity contribution in [1.82, 2.24) is 24.1 Å². The van der Waals surface area contributed by atoms with E-state index in [1.807, 2.05) is 89.2 Å². The summed E-state index contributed by atoms with van der Waals surface area (Å²) in [5.74, 6) is 1.08. The van der Waals surface area contributed by atoms with E-state index in [0.717, 1.165) is 34.4 Å². The van der Waals surface area contributed by atoms with Gasteiger partial charge in [0.25, 0.3) is 0 Å². The lowest BCUT2D eigenvalue weighted by Crippen LogP contribution is -2.31. The number of aromatic nitrogens is 5. The number of benzene rings is 2. The molecular weight excluding hydrogens is 500 g/mol. The Hall–Kier alpha value is -4.69. The summed E-state index contributed by atoms with van der Waals surface area (Å²) in [5, 5.41) is 1.30. The molecule has 0 saturated carbocycles. The third kappa shape index (κ3) is 4.35. The van der Waals surface area contributed by atoms with Crippen LogP contribution in [0, 0.1) is 0 Å². The lowest BCUT2D eigenvalue weighted by Gasteiger charge is -2.26. The zero-order valence-electron chi connectivity index (χ0n) is 20.5. The summed E-state index contributed by atoms with van der Waals surface area (Å²) in [5.41, 5.74) is 4.29. The third-order valence-corrected chi connectivity index (χ3v) is 6.90. The number of hydrogen-bond acceptors (Lipinski definition) is 5. The molecule has 0 aliphatic carbocycles. The highest BCUT2D eigenvalue weighted by Crippen LogP contribution is 2.36. The van der Waals surface area contributed by atoms with Gasteiger partial charge in [-0.05, 0) is 35.9 Å². The first-order valence-electron chi connectivity index (χ1n) is 12.0. The van der Waals surface area contributed by atoms with Crippen molar-refractivity contribution in [3.63, 3.8) is 0 Å². The highest BCUT2D eigenvalue weighted by molar-refractivity contribution is 6.34. The minimum absolute atomic E-state index is 0.387. The van der Waals surface area contributed by atoms with Crippen LogP contribution in [-0.4, -0.2) is 30.5 Å². The standard InChI is InChI=1S/C29H23ClN6O2/c1-34-26(20-8-10-23(11-9-20)35-14-13-31-18-35)17-33-29(34)25(16-22-6-2-3-12-32-22)36(19-37)27-15-21-5-4-7-24(30)28(21)38-27/h2-15,17-19,25H,16H2,1H3. The summed E-state index contributed by atoms with van der Waals surface area (Å²) in [4.78, 5) is 27.5. The van der Waals surface area contributed by atoms with Crippen molar-refractivity contribution < 1.29 is 9.21 Å². The zero-order chi connectivity index (χ0) is 26.1. The molecule has 2 aromatic carbocycles. The molecular formula is C29H23ClN6O2. The van der Waals surface area contributed by atoms with Gasteiger partial charge >= 0.3 is 0 Å². The van der Waals surface area contributed by atoms with Gasteiger partial charge in [-0.15, -0.1) is 0 Å². The molecule has 6 aromatic rings. The molecule has 0 radical (unpaired) electrons. The molecule has 8 nitrogen and oxygen atoms in total. The lowest BCUT2D eigenvalue weighted by atomic mass is 10.1. The summed E-state index contributed by atoms with van der Waals surface area (Å²) < 4.78 is 10.0. The number of nitrogens with zero attached hydrogens (tertiary/aromatic N) is 6. The molecule has 4 heterocycles. The molecule has 0 aliphatic rings. The molecule has 9 heteroatoms. The molecule has 6 rings (SSSR count). The zero-order valence-corrected chi connectivity index (χ0v) is 21.2. The van der Waals surface area contributed by atoms with Crippen LogP contribution in [0.1, 0.15) is 17.6 Å². The van der Waals surface area contributed by atoms with Crippen molar-refractivity contribution in [2.45, 2.75) is 12.5 Å². The fraction of sp³-hybridized carbons (Fsp3) is 0.103. The molecule has 0 spiro atoms. The van der Waals surface area contributed by atoms with Gasteiger partial charge in [-0.25, -0.2) is 9.97 Å². The first kappa shape index (κ1) is 23.7. The summed E-state index contributed by atoms with van der Waals surface area (Å²) in [7, 11) is 1.95. The molecule has 0 saturated heterocycles. The predicted molar refractivity (Wildman–Crippen MR) is 146 cm³/mol. The van der Waals surface area contributed by atoms with Gasteiger partial charge in [0, 0.05) is 54.9 Å². The van der Waals surface area contributed by atoms with Crippen LogP contribution >= 0.6 is 11.6 Å². The second-order valence-electron chi connectivity index (χ2n) is 8.87. The van der Waals surface area contributed by atoms with E-state index in [1.165, 1.54) is 0 Å². The second kappa shape index (κ2) is 9.99. The summed E-state index contributed by atoms with van der Waals surface area (Å²) in [6, 6.07) is 20.7. The van der Waals surface area contributed by atoms with Crippen LogP contribution in [0.3, 0.4) is 0 Å². The van der Waals surface area contributed by atoms with Crippen LogP contribution < -0.4 is 4.90 Å². The predicted octanol–water partition coefficient (Wildman–Crippen LogP) is 6.01. The van der Waals surface area contributed by atoms with Crippen molar-refractivity contribution in [1.29, 1.82) is 0 Å². The number of halogens is 1. The summed E-state index contributed by atoms with van der Waals surface area (Å²) >= 11 is 6.35. The van der Waals surface area contributed by atoms with Gasteiger partial charge in [-0.2, -0.15) is 0 Å². The maximum absolute atomic E-state index is 12.6. The van der Waals surface area contributed by atoms with Gasteiger partial charge in [0.05, 0.1) is 23.2 Å². The average Bonchev–Trinajstić information content (AvgIpc) is 3.70. The minimum Gasteiger partial charge on any atom is -0.439 e. The van der Waals surface area contributed by atoms with E-state index in [0.29, 0.717) is 28.7 Å².